The number of halogens is 1. The predicted octanol–water partition coefficient (Wildman–Crippen LogP) is 5.02. The van der Waals surface area contributed by atoms with E-state index in [4.69, 9.17) is 19.6 Å². The lowest BCUT2D eigenvalue weighted by Gasteiger charge is -2.35. The van der Waals surface area contributed by atoms with E-state index >= 15 is 0 Å². The van der Waals surface area contributed by atoms with Crippen LogP contribution in [0.1, 0.15) is 93.0 Å². The molecule has 1 saturated heterocycles. The maximum absolute atomic E-state index is 13.6. The van der Waals surface area contributed by atoms with Crippen LogP contribution in [0.15, 0.2) is 30.3 Å². The van der Waals surface area contributed by atoms with Crippen molar-refractivity contribution < 1.29 is 33.0 Å². The molecular weight excluding hydrogens is 595 g/mol. The number of nitrogens with zero attached hydrogens (tertiary/aromatic N) is 5. The molecule has 1 atom stereocenters. The van der Waals surface area contributed by atoms with Crippen molar-refractivity contribution in [2.24, 2.45) is 0 Å². The fourth-order valence-electron chi connectivity index (χ4n) is 5.69. The summed E-state index contributed by atoms with van der Waals surface area (Å²) in [4.78, 5) is 46.4. The molecule has 0 spiro atoms. The first kappa shape index (κ1) is 33.0. The SMILES string of the molecule is COC(=O)c1cc(F)ccc1OCC(=O)NCCN(C)c1cc(C2CCC2)nc2cc([C@@H]3CCCCN3C(=O)OC(C)(C)C)nn12. The zero-order chi connectivity index (χ0) is 33.0. The maximum atomic E-state index is 13.6. The number of carbonyl (C=O) groups is 3. The first-order chi connectivity index (χ1) is 21.9. The monoisotopic (exact) mass is 638 g/mol. The second-order valence-corrected chi connectivity index (χ2v) is 12.9. The van der Waals surface area contributed by atoms with Crippen molar-refractivity contribution in [2.75, 3.05) is 45.3 Å². The number of carbonyl (C=O) groups excluding carboxylic acids is 3. The first-order valence-corrected chi connectivity index (χ1v) is 15.8. The summed E-state index contributed by atoms with van der Waals surface area (Å²) in [7, 11) is 3.11. The smallest absolute Gasteiger partial charge is 0.410 e. The molecule has 12 nitrogen and oxygen atoms in total. The Hall–Kier alpha value is -4.42. The Morgan fingerprint density at radius 1 is 1.07 bits per heavy atom. The van der Waals surface area contributed by atoms with E-state index in [1.807, 2.05) is 43.3 Å². The number of piperidine rings is 1. The van der Waals surface area contributed by atoms with Crippen LogP contribution in [-0.4, -0.2) is 83.5 Å². The minimum atomic E-state index is -0.760. The number of hydrogen-bond acceptors (Lipinski definition) is 9. The van der Waals surface area contributed by atoms with Crippen molar-refractivity contribution in [1.29, 1.82) is 0 Å². The van der Waals surface area contributed by atoms with E-state index in [0.29, 0.717) is 31.2 Å². The highest BCUT2D eigenvalue weighted by atomic mass is 19.1. The van der Waals surface area contributed by atoms with Crippen molar-refractivity contribution in [3.63, 3.8) is 0 Å². The van der Waals surface area contributed by atoms with E-state index < -0.39 is 23.3 Å². The Morgan fingerprint density at radius 3 is 2.54 bits per heavy atom. The van der Waals surface area contributed by atoms with Gasteiger partial charge in [-0.3, -0.25) is 9.69 Å². The van der Waals surface area contributed by atoms with Crippen molar-refractivity contribution in [2.45, 2.75) is 76.9 Å². The quantitative estimate of drug-likeness (QED) is 0.305. The third-order valence-electron chi connectivity index (χ3n) is 8.31. The topological polar surface area (TPSA) is 128 Å². The van der Waals surface area contributed by atoms with Gasteiger partial charge in [0, 0.05) is 50.4 Å². The highest BCUT2D eigenvalue weighted by Crippen LogP contribution is 2.38. The molecule has 0 bridgehead atoms. The van der Waals surface area contributed by atoms with E-state index in [1.54, 1.807) is 4.90 Å². The number of methoxy groups -OCH3 is 1. The second kappa shape index (κ2) is 13.9. The minimum absolute atomic E-state index is 0.0564. The van der Waals surface area contributed by atoms with Gasteiger partial charge in [0.25, 0.3) is 5.91 Å². The zero-order valence-corrected chi connectivity index (χ0v) is 27.2. The van der Waals surface area contributed by atoms with Crippen LogP contribution in [0, 0.1) is 5.82 Å². The molecule has 1 aromatic carbocycles. The van der Waals surface area contributed by atoms with E-state index in [1.165, 1.54) is 19.6 Å². The molecule has 1 saturated carbocycles. The number of anilines is 1. The lowest BCUT2D eigenvalue weighted by atomic mass is 9.83. The average Bonchev–Trinajstić information content (AvgIpc) is 3.42. The molecule has 3 heterocycles. The number of esters is 1. The summed E-state index contributed by atoms with van der Waals surface area (Å²) >= 11 is 0. The molecule has 2 aliphatic rings. The van der Waals surface area contributed by atoms with Crippen molar-refractivity contribution in [1.82, 2.24) is 24.8 Å². The average molecular weight is 639 g/mol. The molecule has 5 rings (SSSR count). The highest BCUT2D eigenvalue weighted by Gasteiger charge is 2.34. The van der Waals surface area contributed by atoms with Crippen molar-refractivity contribution >= 4 is 29.4 Å². The van der Waals surface area contributed by atoms with Gasteiger partial charge >= 0.3 is 12.1 Å². The number of nitrogens with one attached hydrogen (secondary N) is 1. The number of ether oxygens (including phenoxy) is 3. The van der Waals surface area contributed by atoms with Crippen molar-refractivity contribution in [3.8, 4) is 5.75 Å². The van der Waals surface area contributed by atoms with Gasteiger partial charge in [-0.1, -0.05) is 6.42 Å². The number of benzene rings is 1. The summed E-state index contributed by atoms with van der Waals surface area (Å²) in [5.74, 6) is -0.497. The summed E-state index contributed by atoms with van der Waals surface area (Å²) in [5.41, 5.74) is 1.81. The van der Waals surface area contributed by atoms with Crippen LogP contribution >= 0.6 is 0 Å². The number of amides is 2. The number of likely N-dealkylation sites (tertiary alicyclic amines) is 1. The Morgan fingerprint density at radius 2 is 1.85 bits per heavy atom. The molecule has 2 fully saturated rings. The van der Waals surface area contributed by atoms with Gasteiger partial charge in [0.1, 0.15) is 28.5 Å². The second-order valence-electron chi connectivity index (χ2n) is 12.9. The molecule has 1 N–H and O–H groups in total. The molecule has 1 aliphatic carbocycles. The Bertz CT molecular complexity index is 1580. The van der Waals surface area contributed by atoms with Gasteiger partial charge in [-0.15, -0.1) is 0 Å². The normalized spacial score (nSPS) is 16.9. The van der Waals surface area contributed by atoms with E-state index in [-0.39, 0.29) is 30.1 Å². The van der Waals surface area contributed by atoms with Gasteiger partial charge in [0.2, 0.25) is 0 Å². The number of aromatic nitrogens is 3. The molecule has 0 radical (unpaired) electrons. The predicted molar refractivity (Wildman–Crippen MR) is 169 cm³/mol. The van der Waals surface area contributed by atoms with Gasteiger partial charge in [-0.25, -0.2) is 19.0 Å². The van der Waals surface area contributed by atoms with Gasteiger partial charge < -0.3 is 24.4 Å². The molecule has 248 valence electrons. The van der Waals surface area contributed by atoms with Gasteiger partial charge in [0.15, 0.2) is 12.3 Å². The summed E-state index contributed by atoms with van der Waals surface area (Å²) in [6.07, 6.45) is 5.70. The largest absolute Gasteiger partial charge is 0.483 e. The molecule has 13 heteroatoms. The number of rotatable bonds is 10. The number of likely N-dealkylation sites (N-methyl/N-ethyl adjacent to an activating group) is 1. The molecule has 2 aromatic heterocycles. The van der Waals surface area contributed by atoms with Crippen LogP contribution in [0.3, 0.4) is 0 Å². The lowest BCUT2D eigenvalue weighted by molar-refractivity contribution is -0.123. The van der Waals surface area contributed by atoms with Crippen LogP contribution in [-0.2, 0) is 14.3 Å². The molecule has 2 amide bonds. The fraction of sp³-hybridized carbons (Fsp3) is 0.545. The Kier molecular flexibility index (Phi) is 9.97. The molecule has 3 aromatic rings. The third kappa shape index (κ3) is 7.68. The summed E-state index contributed by atoms with van der Waals surface area (Å²) in [5, 5.41) is 7.79. The van der Waals surface area contributed by atoms with E-state index in [2.05, 4.69) is 16.1 Å². The lowest BCUT2D eigenvalue weighted by Crippen LogP contribution is -2.42. The van der Waals surface area contributed by atoms with E-state index in [0.717, 1.165) is 61.4 Å². The van der Waals surface area contributed by atoms with Crippen LogP contribution in [0.25, 0.3) is 5.65 Å². The van der Waals surface area contributed by atoms with Crippen LogP contribution < -0.4 is 15.0 Å². The Labute approximate surface area is 268 Å². The van der Waals surface area contributed by atoms with Gasteiger partial charge in [0.05, 0.1) is 18.8 Å². The van der Waals surface area contributed by atoms with Crippen LogP contribution in [0.5, 0.6) is 5.75 Å². The highest BCUT2D eigenvalue weighted by molar-refractivity contribution is 5.92. The molecule has 1 aliphatic heterocycles. The number of fused-ring (bicyclic) bond motifs is 1. The molecular formula is C33H43FN6O6. The maximum Gasteiger partial charge on any atom is 0.410 e. The zero-order valence-electron chi connectivity index (χ0n) is 27.2. The summed E-state index contributed by atoms with van der Waals surface area (Å²) in [6, 6.07) is 7.26. The first-order valence-electron chi connectivity index (χ1n) is 15.8. The minimum Gasteiger partial charge on any atom is -0.483 e. The Balaban J connectivity index is 1.28. The summed E-state index contributed by atoms with van der Waals surface area (Å²) < 4.78 is 31.3. The van der Waals surface area contributed by atoms with E-state index in [9.17, 15) is 18.8 Å². The van der Waals surface area contributed by atoms with Crippen LogP contribution in [0.4, 0.5) is 15.0 Å². The molecule has 46 heavy (non-hydrogen) atoms. The van der Waals surface area contributed by atoms with Crippen LogP contribution in [0.2, 0.25) is 0 Å². The fourth-order valence-corrected chi connectivity index (χ4v) is 5.69. The molecule has 0 unspecified atom stereocenters. The summed E-state index contributed by atoms with van der Waals surface area (Å²) in [6.45, 7) is 6.61. The van der Waals surface area contributed by atoms with Crippen molar-refractivity contribution in [3.05, 3.63) is 53.1 Å². The van der Waals surface area contributed by atoms with Gasteiger partial charge in [-0.2, -0.15) is 9.61 Å². The number of hydrogen-bond donors (Lipinski definition) is 1. The van der Waals surface area contributed by atoms with Gasteiger partial charge in [-0.05, 0) is 71.1 Å². The third-order valence-corrected chi connectivity index (χ3v) is 8.31. The standard InChI is InChI=1S/C33H43FN6O6/c1-33(2,3)46-32(43)39-15-7-6-11-26(39)25-18-28-36-24(21-9-8-10-21)19-30(40(28)37-25)38(4)16-14-35-29(41)20-45-27-13-12-22(34)17-23(27)31(42)44-5/h12-13,17-19,21,26H,6-11,14-16,20H2,1-5H3,(H,35,41)/t26-/m0/s1.